The summed E-state index contributed by atoms with van der Waals surface area (Å²) in [6, 6.07) is 5.60. The molecule has 2 rings (SSSR count). The fraction of sp³-hybridized carbons (Fsp3) is 0.529. The highest BCUT2D eigenvalue weighted by atomic mass is 127. The Hall–Kier alpha value is -1.71. The molecule has 0 aliphatic rings. The second kappa shape index (κ2) is 12.6. The molecule has 0 saturated carbocycles. The molecule has 2 aromatic rings. The minimum Gasteiger partial charge on any atom is -0.357 e. The summed E-state index contributed by atoms with van der Waals surface area (Å²) in [5, 5.41) is 10.5. The Morgan fingerprint density at radius 3 is 2.80 bits per heavy atom. The number of hydrogen-bond acceptors (Lipinski definition) is 5. The van der Waals surface area contributed by atoms with E-state index in [9.17, 15) is 0 Å². The second-order valence-electron chi connectivity index (χ2n) is 5.38. The normalized spacial score (nSPS) is 11.0. The predicted molar refractivity (Wildman–Crippen MR) is 110 cm³/mol. The zero-order valence-electron chi connectivity index (χ0n) is 14.9. The zero-order chi connectivity index (χ0) is 17.0. The van der Waals surface area contributed by atoms with E-state index in [0.29, 0.717) is 30.4 Å². The first-order chi connectivity index (χ1) is 11.8. The van der Waals surface area contributed by atoms with Crippen LogP contribution in [0.1, 0.15) is 38.9 Å². The Morgan fingerprint density at radius 2 is 2.08 bits per heavy atom. The molecule has 0 radical (unpaired) electrons. The highest BCUT2D eigenvalue weighted by Crippen LogP contribution is 2.12. The molecule has 8 heteroatoms. The fourth-order valence-corrected chi connectivity index (χ4v) is 2.14. The molecule has 0 aromatic carbocycles. The quantitative estimate of drug-likeness (QED) is 0.260. The van der Waals surface area contributed by atoms with Gasteiger partial charge >= 0.3 is 0 Å². The van der Waals surface area contributed by atoms with E-state index >= 15 is 0 Å². The van der Waals surface area contributed by atoms with Crippen molar-refractivity contribution in [2.75, 3.05) is 19.6 Å². The van der Waals surface area contributed by atoms with Crippen molar-refractivity contribution >= 4 is 29.9 Å². The number of rotatable bonds is 9. The minimum atomic E-state index is 0. The van der Waals surface area contributed by atoms with Gasteiger partial charge in [0.15, 0.2) is 11.8 Å². The van der Waals surface area contributed by atoms with Gasteiger partial charge in [0, 0.05) is 32.3 Å². The first-order valence-electron chi connectivity index (χ1n) is 8.59. The highest BCUT2D eigenvalue weighted by molar-refractivity contribution is 14.0. The van der Waals surface area contributed by atoms with Gasteiger partial charge in [-0.15, -0.1) is 24.0 Å². The largest absolute Gasteiger partial charge is 0.357 e. The number of nitrogens with one attached hydrogen (secondary N) is 2. The molecule has 0 fully saturated rings. The third-order valence-electron chi connectivity index (χ3n) is 3.37. The van der Waals surface area contributed by atoms with E-state index < -0.39 is 0 Å². The molecule has 0 amide bonds. The number of pyridine rings is 1. The first-order valence-corrected chi connectivity index (χ1v) is 8.59. The maximum Gasteiger partial charge on any atom is 0.276 e. The lowest BCUT2D eigenvalue weighted by atomic mass is 10.2. The van der Waals surface area contributed by atoms with Gasteiger partial charge in [0.05, 0.1) is 0 Å². The lowest BCUT2D eigenvalue weighted by Crippen LogP contribution is -2.38. The van der Waals surface area contributed by atoms with Crippen molar-refractivity contribution in [3.63, 3.8) is 0 Å². The molecule has 2 N–H and O–H groups in total. The van der Waals surface area contributed by atoms with Crippen molar-refractivity contribution in [2.45, 2.75) is 39.5 Å². The Bertz CT molecular complexity index is 617. The van der Waals surface area contributed by atoms with Crippen LogP contribution in [0.4, 0.5) is 0 Å². The average molecular weight is 458 g/mol. The predicted octanol–water partition coefficient (Wildman–Crippen LogP) is 3.04. The monoisotopic (exact) mass is 458 g/mol. The van der Waals surface area contributed by atoms with Gasteiger partial charge in [-0.05, 0) is 25.5 Å². The lowest BCUT2D eigenvalue weighted by Gasteiger charge is -2.10. The van der Waals surface area contributed by atoms with Crippen LogP contribution in [0, 0.1) is 0 Å². The maximum absolute atomic E-state index is 5.25. The Kier molecular flexibility index (Phi) is 10.8. The Morgan fingerprint density at radius 1 is 1.20 bits per heavy atom. The molecule has 25 heavy (non-hydrogen) atoms. The molecular weight excluding hydrogens is 431 g/mol. The Balaban J connectivity index is 0.00000312. The van der Waals surface area contributed by atoms with Crippen molar-refractivity contribution in [2.24, 2.45) is 4.99 Å². The summed E-state index contributed by atoms with van der Waals surface area (Å²) in [5.41, 5.74) is 0.690. The van der Waals surface area contributed by atoms with Gasteiger partial charge in [0.1, 0.15) is 5.69 Å². The number of hydrogen-bond donors (Lipinski definition) is 2. The molecule has 0 bridgehead atoms. The first kappa shape index (κ1) is 21.3. The molecule has 0 unspecified atom stereocenters. The molecule has 0 atom stereocenters. The third kappa shape index (κ3) is 7.80. The van der Waals surface area contributed by atoms with Crippen molar-refractivity contribution in [1.29, 1.82) is 0 Å². The Labute approximate surface area is 166 Å². The molecular formula is C17H27IN6O. The van der Waals surface area contributed by atoms with E-state index in [1.807, 2.05) is 18.2 Å². The smallest absolute Gasteiger partial charge is 0.276 e. The summed E-state index contributed by atoms with van der Waals surface area (Å²) in [4.78, 5) is 13.1. The summed E-state index contributed by atoms with van der Waals surface area (Å²) in [6.07, 6.45) is 5.90. The molecule has 0 aliphatic heterocycles. The van der Waals surface area contributed by atoms with Crippen LogP contribution in [0.15, 0.2) is 33.9 Å². The molecule has 0 aliphatic carbocycles. The maximum atomic E-state index is 5.25. The van der Waals surface area contributed by atoms with Crippen LogP contribution < -0.4 is 10.6 Å². The second-order valence-corrected chi connectivity index (χ2v) is 5.38. The van der Waals surface area contributed by atoms with Crippen molar-refractivity contribution in [1.82, 2.24) is 25.8 Å². The molecule has 2 aromatic heterocycles. The third-order valence-corrected chi connectivity index (χ3v) is 3.37. The highest BCUT2D eigenvalue weighted by Gasteiger charge is 2.09. The number of nitrogens with zero attached hydrogens (tertiary/aromatic N) is 4. The van der Waals surface area contributed by atoms with Gasteiger partial charge in [-0.25, -0.2) is 0 Å². The number of unbranched alkanes of at least 4 members (excludes halogenated alkanes) is 2. The van der Waals surface area contributed by atoms with Gasteiger partial charge in [-0.1, -0.05) is 31.0 Å². The molecule has 7 nitrogen and oxygen atoms in total. The fourth-order valence-electron chi connectivity index (χ4n) is 2.14. The van der Waals surface area contributed by atoms with Crippen molar-refractivity contribution in [3.05, 3.63) is 30.2 Å². The van der Waals surface area contributed by atoms with Crippen LogP contribution in [0.5, 0.6) is 0 Å². The number of aromatic nitrogens is 3. The lowest BCUT2D eigenvalue weighted by molar-refractivity contribution is 0.421. The SMILES string of the molecule is CCCCCN=C(NCC)NCCc1noc(-c2ccccn2)n1.I. The minimum absolute atomic E-state index is 0. The van der Waals surface area contributed by atoms with E-state index in [1.165, 1.54) is 12.8 Å². The number of aliphatic imine (C=N–C) groups is 1. The van der Waals surface area contributed by atoms with E-state index in [-0.39, 0.29) is 24.0 Å². The van der Waals surface area contributed by atoms with Crippen LogP contribution in [0.2, 0.25) is 0 Å². The van der Waals surface area contributed by atoms with Crippen LogP contribution in [0.25, 0.3) is 11.6 Å². The molecule has 2 heterocycles. The van der Waals surface area contributed by atoms with Gasteiger partial charge in [-0.3, -0.25) is 9.98 Å². The van der Waals surface area contributed by atoms with Gasteiger partial charge < -0.3 is 15.2 Å². The van der Waals surface area contributed by atoms with E-state index in [0.717, 1.165) is 25.5 Å². The summed E-state index contributed by atoms with van der Waals surface area (Å²) in [7, 11) is 0. The molecule has 0 saturated heterocycles. The van der Waals surface area contributed by atoms with Crippen LogP contribution in [-0.2, 0) is 6.42 Å². The number of guanidine groups is 1. The average Bonchev–Trinajstić information content (AvgIpc) is 3.08. The summed E-state index contributed by atoms with van der Waals surface area (Å²) in [5.74, 6) is 1.94. The summed E-state index contributed by atoms with van der Waals surface area (Å²) in [6.45, 7) is 6.63. The van der Waals surface area contributed by atoms with E-state index in [2.05, 4.69) is 44.6 Å². The topological polar surface area (TPSA) is 88.2 Å². The van der Waals surface area contributed by atoms with Crippen molar-refractivity contribution in [3.8, 4) is 11.6 Å². The van der Waals surface area contributed by atoms with E-state index in [1.54, 1.807) is 6.20 Å². The van der Waals surface area contributed by atoms with Crippen LogP contribution >= 0.6 is 24.0 Å². The van der Waals surface area contributed by atoms with E-state index in [4.69, 9.17) is 4.52 Å². The van der Waals surface area contributed by atoms with Gasteiger partial charge in [0.2, 0.25) is 0 Å². The summed E-state index contributed by atoms with van der Waals surface area (Å²) >= 11 is 0. The van der Waals surface area contributed by atoms with Crippen LogP contribution in [0.3, 0.4) is 0 Å². The summed E-state index contributed by atoms with van der Waals surface area (Å²) < 4.78 is 5.25. The standard InChI is InChI=1S/C17H26N6O.HI/c1-3-5-7-12-20-17(18-4-2)21-13-10-15-22-16(24-23-15)14-9-6-8-11-19-14;/h6,8-9,11H,3-5,7,10,12-13H2,1-2H3,(H2,18,20,21);1H. The van der Waals surface area contributed by atoms with Gasteiger partial charge in [0.25, 0.3) is 5.89 Å². The molecule has 0 spiro atoms. The molecule has 138 valence electrons. The van der Waals surface area contributed by atoms with Gasteiger partial charge in [-0.2, -0.15) is 4.98 Å². The van der Waals surface area contributed by atoms with Crippen molar-refractivity contribution < 1.29 is 4.52 Å². The number of halogens is 1. The van der Waals surface area contributed by atoms with Crippen LogP contribution in [-0.4, -0.2) is 40.7 Å². The zero-order valence-corrected chi connectivity index (χ0v) is 17.2.